The molecule has 4 rings (SSSR count). The first-order chi connectivity index (χ1) is 25.1. The molecule has 0 aliphatic carbocycles. The van der Waals surface area contributed by atoms with Gasteiger partial charge in [0, 0.05) is 18.1 Å². The minimum atomic E-state index is -4.68. The predicted octanol–water partition coefficient (Wildman–Crippen LogP) is 8.33. The molecule has 2 heterocycles. The Kier molecular flexibility index (Phi) is 13.1. The number of esters is 2. The Bertz CT molecular complexity index is 2090. The fourth-order valence-corrected chi connectivity index (χ4v) is 4.31. The highest BCUT2D eigenvalue weighted by Crippen LogP contribution is 2.33. The third-order valence-corrected chi connectivity index (χ3v) is 6.89. The molecule has 0 spiro atoms. The number of rotatable bonds is 6. The van der Waals surface area contributed by atoms with Crippen molar-refractivity contribution in [2.75, 3.05) is 10.6 Å². The summed E-state index contributed by atoms with van der Waals surface area (Å²) in [5.74, 6) is -3.15. The Balaban J connectivity index is 0.000000296. The van der Waals surface area contributed by atoms with E-state index in [2.05, 4.69) is 30.6 Å². The molecular weight excluding hydrogens is 738 g/mol. The zero-order valence-corrected chi connectivity index (χ0v) is 31.2. The van der Waals surface area contributed by atoms with Gasteiger partial charge in [-0.05, 0) is 110 Å². The zero-order chi connectivity index (χ0) is 41.7. The van der Waals surface area contributed by atoms with Crippen LogP contribution in [0.5, 0.6) is 0 Å². The van der Waals surface area contributed by atoms with Crippen molar-refractivity contribution >= 4 is 35.5 Å². The maximum Gasteiger partial charge on any atom is 0.416 e. The molecule has 294 valence electrons. The first kappa shape index (κ1) is 43.5. The SMILES string of the molecule is Cc1cnc(NC(=O)c2ccc(C(F)(F)F)cc2C(=O)OC(C)(C)C)nc1C.Cc1nccc(NC(=O)c2ccc(C(F)(F)F)cc2C(=O)OC(C)(C)C)n1. The van der Waals surface area contributed by atoms with Crippen LogP contribution < -0.4 is 10.6 Å². The van der Waals surface area contributed by atoms with E-state index in [1.807, 2.05) is 0 Å². The number of hydrogen-bond acceptors (Lipinski definition) is 10. The molecule has 0 unspecified atom stereocenters. The molecule has 4 aromatic rings. The molecular formula is C37H38F6N6O6. The van der Waals surface area contributed by atoms with Crippen molar-refractivity contribution in [2.24, 2.45) is 0 Å². The minimum absolute atomic E-state index is 0.0249. The van der Waals surface area contributed by atoms with E-state index in [1.54, 1.807) is 62.3 Å². The highest BCUT2D eigenvalue weighted by Gasteiger charge is 2.35. The maximum absolute atomic E-state index is 13.1. The monoisotopic (exact) mass is 776 g/mol. The van der Waals surface area contributed by atoms with Crippen molar-refractivity contribution in [2.45, 2.75) is 85.9 Å². The molecule has 2 aromatic heterocycles. The van der Waals surface area contributed by atoms with Crippen LogP contribution in [0.2, 0.25) is 0 Å². The Morgan fingerprint density at radius 2 is 1.05 bits per heavy atom. The number of ether oxygens (including phenoxy) is 2. The van der Waals surface area contributed by atoms with Gasteiger partial charge >= 0.3 is 24.3 Å². The van der Waals surface area contributed by atoms with E-state index >= 15 is 0 Å². The lowest BCUT2D eigenvalue weighted by molar-refractivity contribution is -0.138. The lowest BCUT2D eigenvalue weighted by Gasteiger charge is -2.21. The van der Waals surface area contributed by atoms with Crippen LogP contribution >= 0.6 is 0 Å². The summed E-state index contributed by atoms with van der Waals surface area (Å²) in [6.45, 7) is 14.5. The predicted molar refractivity (Wildman–Crippen MR) is 187 cm³/mol. The van der Waals surface area contributed by atoms with E-state index < -0.39 is 69.6 Å². The number of amides is 2. The lowest BCUT2D eigenvalue weighted by Crippen LogP contribution is -2.26. The van der Waals surface area contributed by atoms with Crippen LogP contribution in [-0.4, -0.2) is 54.9 Å². The first-order valence-corrected chi connectivity index (χ1v) is 16.3. The normalized spacial score (nSPS) is 11.8. The van der Waals surface area contributed by atoms with Crippen LogP contribution in [0.4, 0.5) is 38.1 Å². The van der Waals surface area contributed by atoms with Gasteiger partial charge in [-0.1, -0.05) is 0 Å². The van der Waals surface area contributed by atoms with Gasteiger partial charge in [0.05, 0.1) is 33.4 Å². The van der Waals surface area contributed by atoms with Crippen molar-refractivity contribution in [1.29, 1.82) is 0 Å². The Morgan fingerprint density at radius 1 is 0.600 bits per heavy atom. The van der Waals surface area contributed by atoms with Gasteiger partial charge in [0.15, 0.2) is 0 Å². The summed E-state index contributed by atoms with van der Waals surface area (Å²) < 4.78 is 88.5. The summed E-state index contributed by atoms with van der Waals surface area (Å²) in [5.41, 5.74) is -4.08. The van der Waals surface area contributed by atoms with Gasteiger partial charge in [0.25, 0.3) is 11.8 Å². The fourth-order valence-electron chi connectivity index (χ4n) is 4.31. The highest BCUT2D eigenvalue weighted by molar-refractivity contribution is 6.11. The van der Waals surface area contributed by atoms with Gasteiger partial charge in [0.1, 0.15) is 22.8 Å². The average molecular weight is 777 g/mol. The van der Waals surface area contributed by atoms with Crippen molar-refractivity contribution in [3.8, 4) is 0 Å². The summed E-state index contributed by atoms with van der Waals surface area (Å²) in [4.78, 5) is 65.8. The van der Waals surface area contributed by atoms with E-state index in [0.29, 0.717) is 23.7 Å². The van der Waals surface area contributed by atoms with Crippen LogP contribution in [0.15, 0.2) is 54.9 Å². The highest BCUT2D eigenvalue weighted by atomic mass is 19.4. The standard InChI is InChI=1S/C19H20F3N3O3.C18H18F3N3O3/c1-10-9-23-17(24-11(10)2)25-15(26)13-7-6-12(19(20,21)22)8-14(13)16(27)28-18(3,4)5;1-10-22-8-7-14(23-10)24-15(25)12-6-5-11(18(19,20)21)9-13(12)16(26)27-17(2,3)4/h6-9H,1-5H3,(H,23,24,25,26);5-9H,1-4H3,(H,22,23,24,25). The van der Waals surface area contributed by atoms with Crippen LogP contribution in [-0.2, 0) is 21.8 Å². The molecule has 18 heteroatoms. The van der Waals surface area contributed by atoms with Crippen LogP contribution in [0.1, 0.15) is 111 Å². The molecule has 0 aliphatic heterocycles. The van der Waals surface area contributed by atoms with Crippen molar-refractivity contribution in [3.05, 3.63) is 105 Å². The molecule has 0 aliphatic rings. The first-order valence-electron chi connectivity index (χ1n) is 16.3. The fraction of sp³-hybridized carbons (Fsp3) is 0.351. The maximum atomic E-state index is 13.1. The number of benzene rings is 2. The van der Waals surface area contributed by atoms with Gasteiger partial charge in [-0.25, -0.2) is 29.5 Å². The van der Waals surface area contributed by atoms with Gasteiger partial charge in [-0.15, -0.1) is 0 Å². The molecule has 12 nitrogen and oxygen atoms in total. The minimum Gasteiger partial charge on any atom is -0.456 e. The Labute approximate surface area is 312 Å². The molecule has 2 N–H and O–H groups in total. The van der Waals surface area contributed by atoms with E-state index in [-0.39, 0.29) is 22.9 Å². The number of anilines is 2. The van der Waals surface area contributed by atoms with Crippen LogP contribution in [0.25, 0.3) is 0 Å². The Hall–Kier alpha value is -5.94. The largest absolute Gasteiger partial charge is 0.456 e. The molecule has 0 saturated heterocycles. The number of aryl methyl sites for hydroxylation is 3. The molecule has 0 bridgehead atoms. The lowest BCUT2D eigenvalue weighted by atomic mass is 10.0. The number of nitrogens with one attached hydrogen (secondary N) is 2. The molecule has 0 radical (unpaired) electrons. The van der Waals surface area contributed by atoms with E-state index in [0.717, 1.165) is 29.8 Å². The van der Waals surface area contributed by atoms with Crippen molar-refractivity contribution in [1.82, 2.24) is 19.9 Å². The van der Waals surface area contributed by atoms with Crippen molar-refractivity contribution < 1.29 is 55.0 Å². The van der Waals surface area contributed by atoms with Gasteiger partial charge < -0.3 is 14.8 Å². The number of hydrogen-bond donors (Lipinski definition) is 2. The molecule has 0 fully saturated rings. The van der Waals surface area contributed by atoms with E-state index in [4.69, 9.17) is 9.47 Å². The molecule has 2 amide bonds. The van der Waals surface area contributed by atoms with Gasteiger partial charge in [-0.3, -0.25) is 14.9 Å². The number of aromatic nitrogens is 4. The third kappa shape index (κ3) is 12.9. The van der Waals surface area contributed by atoms with Gasteiger partial charge in [0.2, 0.25) is 5.95 Å². The summed E-state index contributed by atoms with van der Waals surface area (Å²) in [7, 11) is 0. The smallest absolute Gasteiger partial charge is 0.416 e. The zero-order valence-electron chi connectivity index (χ0n) is 31.2. The summed E-state index contributed by atoms with van der Waals surface area (Å²) in [6.07, 6.45) is -6.43. The summed E-state index contributed by atoms with van der Waals surface area (Å²) in [5, 5.41) is 4.83. The van der Waals surface area contributed by atoms with Crippen LogP contribution in [0, 0.1) is 20.8 Å². The van der Waals surface area contributed by atoms with Crippen LogP contribution in [0.3, 0.4) is 0 Å². The topological polar surface area (TPSA) is 162 Å². The van der Waals surface area contributed by atoms with E-state index in [1.165, 1.54) is 18.5 Å². The Morgan fingerprint density at radius 3 is 1.45 bits per heavy atom. The second kappa shape index (κ2) is 16.6. The van der Waals surface area contributed by atoms with Gasteiger partial charge in [-0.2, -0.15) is 26.3 Å². The number of alkyl halides is 6. The third-order valence-electron chi connectivity index (χ3n) is 6.89. The molecule has 55 heavy (non-hydrogen) atoms. The number of carbonyl (C=O) groups is 4. The van der Waals surface area contributed by atoms with Crippen molar-refractivity contribution in [3.63, 3.8) is 0 Å². The number of halogens is 6. The summed E-state index contributed by atoms with van der Waals surface area (Å²) >= 11 is 0. The second-order valence-electron chi connectivity index (χ2n) is 13.9. The summed E-state index contributed by atoms with van der Waals surface area (Å²) in [6, 6.07) is 5.95. The molecule has 0 saturated carbocycles. The molecule has 0 atom stereocenters. The molecule has 2 aromatic carbocycles. The number of nitrogens with zero attached hydrogens (tertiary/aromatic N) is 4. The number of carbonyl (C=O) groups excluding carboxylic acids is 4. The average Bonchev–Trinajstić information content (AvgIpc) is 3.03. The van der Waals surface area contributed by atoms with E-state index in [9.17, 15) is 45.5 Å². The second-order valence-corrected chi connectivity index (χ2v) is 13.9. The quantitative estimate of drug-likeness (QED) is 0.144.